The Kier molecular flexibility index (Phi) is 5.14. The lowest BCUT2D eigenvalue weighted by Gasteiger charge is -2.15. The van der Waals surface area contributed by atoms with Gasteiger partial charge in [-0.15, -0.1) is 11.6 Å². The summed E-state index contributed by atoms with van der Waals surface area (Å²) < 4.78 is 48.8. The van der Waals surface area contributed by atoms with Crippen LogP contribution in [-0.4, -0.2) is 27.2 Å². The van der Waals surface area contributed by atoms with Gasteiger partial charge in [0, 0.05) is 6.07 Å². The van der Waals surface area contributed by atoms with Gasteiger partial charge in [-0.2, -0.15) is 13.2 Å². The van der Waals surface area contributed by atoms with Crippen LogP contribution in [0.4, 0.5) is 18.9 Å². The predicted octanol–water partition coefficient (Wildman–Crippen LogP) is 4.42. The van der Waals surface area contributed by atoms with Crippen molar-refractivity contribution in [3.63, 3.8) is 0 Å². The van der Waals surface area contributed by atoms with Gasteiger partial charge in [0.1, 0.15) is 10.7 Å². The molecule has 10 heteroatoms. The zero-order valence-corrected chi connectivity index (χ0v) is 14.0. The summed E-state index contributed by atoms with van der Waals surface area (Å²) in [6, 6.07) is 2.33. The topological polar surface area (TPSA) is 61.4 Å². The zero-order valence-electron chi connectivity index (χ0n) is 10.9. The molecule has 0 heterocycles. The summed E-state index contributed by atoms with van der Waals surface area (Å²) in [7, 11) is 0. The maximum atomic E-state index is 12.4. The summed E-state index contributed by atoms with van der Waals surface area (Å²) >= 11 is 15.5. The molecule has 0 amide bonds. The molecule has 1 aliphatic rings. The van der Waals surface area contributed by atoms with E-state index in [2.05, 4.69) is 4.99 Å². The highest BCUT2D eigenvalue weighted by atomic mass is 35.5. The fraction of sp³-hybridized carbons (Fsp3) is 0.417. The third-order valence-corrected chi connectivity index (χ3v) is 5.65. The van der Waals surface area contributed by atoms with Gasteiger partial charge in [-0.25, -0.2) is 4.99 Å². The fourth-order valence-corrected chi connectivity index (χ4v) is 3.39. The van der Waals surface area contributed by atoms with E-state index in [4.69, 9.17) is 40.5 Å². The second kappa shape index (κ2) is 6.28. The molecule has 1 aliphatic carbocycles. The van der Waals surface area contributed by atoms with Crippen molar-refractivity contribution in [2.75, 3.05) is 5.75 Å². The Bertz CT molecular complexity index is 620. The van der Waals surface area contributed by atoms with Gasteiger partial charge in [-0.1, -0.05) is 23.2 Å². The zero-order chi connectivity index (χ0) is 16.7. The van der Waals surface area contributed by atoms with Crippen LogP contribution in [0.1, 0.15) is 12.8 Å². The van der Waals surface area contributed by atoms with Crippen molar-refractivity contribution in [3.05, 3.63) is 22.2 Å². The van der Waals surface area contributed by atoms with E-state index in [1.807, 2.05) is 0 Å². The summed E-state index contributed by atoms with van der Waals surface area (Å²) in [4.78, 5) is 3.10. The number of amidine groups is 1. The van der Waals surface area contributed by atoms with Gasteiger partial charge in [0.15, 0.2) is 4.90 Å². The normalized spacial score (nSPS) is 19.1. The summed E-state index contributed by atoms with van der Waals surface area (Å²) in [5.41, 5.74) is 5.83. The Labute approximate surface area is 142 Å². The van der Waals surface area contributed by atoms with Gasteiger partial charge < -0.3 is 10.3 Å². The number of rotatable bonds is 4. The lowest BCUT2D eigenvalue weighted by atomic mass is 10.3. The molecule has 1 atom stereocenters. The first-order valence-electron chi connectivity index (χ1n) is 5.99. The molecule has 0 aromatic heterocycles. The summed E-state index contributed by atoms with van der Waals surface area (Å²) in [5.74, 6) is -1.39. The number of nitrogens with two attached hydrogens (primary N) is 1. The summed E-state index contributed by atoms with van der Waals surface area (Å²) in [5, 5.41) is -0.0428. The Balaban J connectivity index is 2.35. The lowest BCUT2D eigenvalue weighted by Crippen LogP contribution is -2.25. The van der Waals surface area contributed by atoms with Crippen LogP contribution < -0.4 is 5.73 Å². The van der Waals surface area contributed by atoms with Crippen LogP contribution in [0, 0.1) is 0 Å². The largest absolute Gasteiger partial charge is 0.611 e. The van der Waals surface area contributed by atoms with E-state index >= 15 is 0 Å². The fourth-order valence-electron chi connectivity index (χ4n) is 1.60. The molecule has 0 bridgehead atoms. The van der Waals surface area contributed by atoms with Crippen molar-refractivity contribution >= 4 is 57.5 Å². The van der Waals surface area contributed by atoms with E-state index in [-0.39, 0.29) is 26.5 Å². The molecular weight excluding hydrogens is 384 g/mol. The average Bonchev–Trinajstić information content (AvgIpc) is 3.09. The number of hydrogen-bond donors (Lipinski definition) is 1. The highest BCUT2D eigenvalue weighted by Crippen LogP contribution is 2.44. The minimum atomic E-state index is -4.58. The second-order valence-electron chi connectivity index (χ2n) is 4.80. The smallest absolute Gasteiger partial charge is 0.433 e. The molecule has 1 fully saturated rings. The van der Waals surface area contributed by atoms with E-state index in [0.29, 0.717) is 12.8 Å². The van der Waals surface area contributed by atoms with Crippen LogP contribution in [0.15, 0.2) is 22.0 Å². The third-order valence-electron chi connectivity index (χ3n) is 2.93. The molecule has 0 saturated heterocycles. The van der Waals surface area contributed by atoms with Crippen molar-refractivity contribution < 1.29 is 17.7 Å². The molecule has 1 aromatic carbocycles. The molecular formula is C12H10Cl3F3N2OS. The summed E-state index contributed by atoms with van der Waals surface area (Å²) in [6.07, 6.45) is -3.27. The number of hydrogen-bond acceptors (Lipinski definition) is 2. The second-order valence-corrected chi connectivity index (χ2v) is 7.76. The standard InChI is InChI=1S/C12H10Cl3F3N2OS/c13-6-3-7(14)9(22(21)5-12(16,17)18)4-8(6)20-10(19)11(15)1-2-11/h3-4H,1-2,5H2,(H2,19,20). The molecule has 22 heavy (non-hydrogen) atoms. The van der Waals surface area contributed by atoms with Gasteiger partial charge >= 0.3 is 6.18 Å². The molecule has 0 aliphatic heterocycles. The Morgan fingerprint density at radius 1 is 1.32 bits per heavy atom. The summed E-state index contributed by atoms with van der Waals surface area (Å²) in [6.45, 7) is 0. The average molecular weight is 394 g/mol. The van der Waals surface area contributed by atoms with Crippen LogP contribution in [0.2, 0.25) is 10.0 Å². The molecule has 1 aromatic rings. The van der Waals surface area contributed by atoms with Gasteiger partial charge in [-0.05, 0) is 30.1 Å². The molecule has 0 spiro atoms. The van der Waals surface area contributed by atoms with Gasteiger partial charge in [0.05, 0.1) is 15.7 Å². The van der Waals surface area contributed by atoms with Crippen molar-refractivity contribution in [3.8, 4) is 0 Å². The van der Waals surface area contributed by atoms with Crippen molar-refractivity contribution in [1.29, 1.82) is 0 Å². The molecule has 1 saturated carbocycles. The first kappa shape index (κ1) is 18.0. The van der Waals surface area contributed by atoms with Gasteiger partial charge in [0.25, 0.3) is 0 Å². The predicted molar refractivity (Wildman–Crippen MR) is 82.9 cm³/mol. The minimum absolute atomic E-state index is 0.0843. The lowest BCUT2D eigenvalue weighted by molar-refractivity contribution is -0.106. The van der Waals surface area contributed by atoms with Gasteiger partial charge in [0.2, 0.25) is 5.75 Å². The van der Waals surface area contributed by atoms with Crippen molar-refractivity contribution in [1.82, 2.24) is 0 Å². The quantitative estimate of drug-likeness (QED) is 0.356. The van der Waals surface area contributed by atoms with E-state index in [0.717, 1.165) is 6.07 Å². The van der Waals surface area contributed by atoms with Crippen LogP contribution in [0.5, 0.6) is 0 Å². The first-order valence-corrected chi connectivity index (χ1v) is 8.45. The highest BCUT2D eigenvalue weighted by molar-refractivity contribution is 7.91. The Morgan fingerprint density at radius 3 is 2.41 bits per heavy atom. The number of alkyl halides is 4. The Morgan fingerprint density at radius 2 is 1.91 bits per heavy atom. The van der Waals surface area contributed by atoms with Crippen LogP contribution >= 0.6 is 34.8 Å². The number of nitrogens with zero attached hydrogens (tertiary/aromatic N) is 1. The molecule has 1 unspecified atom stereocenters. The van der Waals surface area contributed by atoms with E-state index < -0.39 is 28.0 Å². The monoisotopic (exact) mass is 392 g/mol. The van der Waals surface area contributed by atoms with E-state index in [9.17, 15) is 17.7 Å². The number of benzene rings is 1. The molecule has 0 radical (unpaired) electrons. The maximum Gasteiger partial charge on any atom is 0.433 e. The SMILES string of the molecule is N/C(=N\c1cc([S+]([O-])CC(F)(F)F)c(Cl)cc1Cl)C1(Cl)CC1. The molecule has 2 rings (SSSR count). The van der Waals surface area contributed by atoms with Crippen LogP contribution in [0.3, 0.4) is 0 Å². The van der Waals surface area contributed by atoms with Crippen LogP contribution in [-0.2, 0) is 11.2 Å². The molecule has 122 valence electrons. The third kappa shape index (κ3) is 4.35. The van der Waals surface area contributed by atoms with Crippen molar-refractivity contribution in [2.45, 2.75) is 28.8 Å². The van der Waals surface area contributed by atoms with E-state index in [1.54, 1.807) is 0 Å². The van der Waals surface area contributed by atoms with Crippen molar-refractivity contribution in [2.24, 2.45) is 10.7 Å². The number of aliphatic imine (C=N–C) groups is 1. The highest BCUT2D eigenvalue weighted by Gasteiger charge is 2.45. The maximum absolute atomic E-state index is 12.4. The Hall–Kier alpha value is -0.340. The van der Waals surface area contributed by atoms with E-state index in [1.165, 1.54) is 6.07 Å². The van der Waals surface area contributed by atoms with Gasteiger partial charge in [-0.3, -0.25) is 0 Å². The minimum Gasteiger partial charge on any atom is -0.611 e. The van der Waals surface area contributed by atoms with Crippen LogP contribution in [0.25, 0.3) is 0 Å². The molecule has 3 nitrogen and oxygen atoms in total. The first-order chi connectivity index (χ1) is 10.0. The molecule has 2 N–H and O–H groups in total. The number of halogens is 6.